The Morgan fingerprint density at radius 2 is 0.948 bits per heavy atom. The van der Waals surface area contributed by atoms with Crippen LogP contribution in [0.3, 0.4) is 0 Å². The summed E-state index contributed by atoms with van der Waals surface area (Å²) in [6.07, 6.45) is 7.09. The van der Waals surface area contributed by atoms with E-state index in [0.29, 0.717) is 0 Å². The average molecular weight is 742 g/mol. The Hall–Kier alpha value is -7.30. The average Bonchev–Trinajstić information content (AvgIpc) is 3.30. The summed E-state index contributed by atoms with van der Waals surface area (Å²) >= 11 is 0. The first-order chi connectivity index (χ1) is 28.8. The summed E-state index contributed by atoms with van der Waals surface area (Å²) in [5.41, 5.74) is 17.0. The highest BCUT2D eigenvalue weighted by atomic mass is 15.2. The SMILES string of the molecule is C1=CC2C3B(c4ccc(N(c5ccccc5)c5ccccc5)cc4N(c4ccccc4)C3=C1)c1ccc(-c3ccccc3)cc1N2c1cccc(-c2ccccc2)c1. The monoisotopic (exact) mass is 741 g/mol. The summed E-state index contributed by atoms with van der Waals surface area (Å²) in [6, 6.07) is 77.4. The number of para-hydroxylation sites is 3. The van der Waals surface area contributed by atoms with Crippen molar-refractivity contribution >= 4 is 57.5 Å². The van der Waals surface area contributed by atoms with Crippen molar-refractivity contribution < 1.29 is 0 Å². The van der Waals surface area contributed by atoms with E-state index in [1.165, 1.54) is 55.9 Å². The van der Waals surface area contributed by atoms with Crippen molar-refractivity contribution in [1.82, 2.24) is 0 Å². The lowest BCUT2D eigenvalue weighted by molar-refractivity contribution is 0.723. The highest BCUT2D eigenvalue weighted by Gasteiger charge is 2.51. The first-order valence-corrected chi connectivity index (χ1v) is 20.2. The number of hydrogen-bond donors (Lipinski definition) is 0. The third-order valence-electron chi connectivity index (χ3n) is 12.1. The molecule has 0 saturated carbocycles. The third kappa shape index (κ3) is 5.76. The number of benzene rings is 8. The Morgan fingerprint density at radius 3 is 1.60 bits per heavy atom. The molecule has 2 atom stereocenters. The van der Waals surface area contributed by atoms with E-state index in [9.17, 15) is 0 Å². The van der Waals surface area contributed by atoms with Crippen molar-refractivity contribution in [3.05, 3.63) is 236 Å². The molecule has 0 aromatic heterocycles. The van der Waals surface area contributed by atoms with E-state index >= 15 is 0 Å². The maximum absolute atomic E-state index is 2.62. The number of hydrogen-bond acceptors (Lipinski definition) is 3. The topological polar surface area (TPSA) is 9.72 Å². The Labute approximate surface area is 341 Å². The number of anilines is 7. The van der Waals surface area contributed by atoms with Gasteiger partial charge in [-0.1, -0.05) is 163 Å². The Kier molecular flexibility index (Phi) is 8.40. The van der Waals surface area contributed by atoms with E-state index in [2.05, 4.69) is 245 Å². The van der Waals surface area contributed by atoms with Crippen LogP contribution >= 0.6 is 0 Å². The molecule has 58 heavy (non-hydrogen) atoms. The first kappa shape index (κ1) is 34.0. The largest absolute Gasteiger partial charge is 0.335 e. The molecule has 0 N–H and O–H groups in total. The van der Waals surface area contributed by atoms with Crippen LogP contribution in [0.4, 0.5) is 39.8 Å². The zero-order valence-electron chi connectivity index (χ0n) is 32.0. The summed E-state index contributed by atoms with van der Waals surface area (Å²) in [7, 11) is 0. The fraction of sp³-hybridized carbons (Fsp3) is 0.0370. The van der Waals surface area contributed by atoms with E-state index in [0.717, 1.165) is 22.7 Å². The molecule has 11 rings (SSSR count). The molecule has 0 fully saturated rings. The van der Waals surface area contributed by atoms with Gasteiger partial charge in [0.05, 0.1) is 6.04 Å². The molecule has 0 radical (unpaired) electrons. The quantitative estimate of drug-likeness (QED) is 0.151. The normalized spacial score (nSPS) is 16.2. The van der Waals surface area contributed by atoms with Gasteiger partial charge in [-0.3, -0.25) is 0 Å². The van der Waals surface area contributed by atoms with Gasteiger partial charge in [-0.15, -0.1) is 0 Å². The lowest BCUT2D eigenvalue weighted by Gasteiger charge is -2.53. The number of rotatable bonds is 7. The molecule has 3 nitrogen and oxygen atoms in total. The lowest BCUT2D eigenvalue weighted by atomic mass is 9.28. The zero-order valence-corrected chi connectivity index (χ0v) is 32.0. The summed E-state index contributed by atoms with van der Waals surface area (Å²) < 4.78 is 0. The highest BCUT2D eigenvalue weighted by molar-refractivity contribution is 6.90. The van der Waals surface area contributed by atoms with Gasteiger partial charge in [-0.2, -0.15) is 0 Å². The minimum atomic E-state index is 0.0683. The van der Waals surface area contributed by atoms with Crippen molar-refractivity contribution in [3.8, 4) is 22.3 Å². The maximum Gasteiger partial charge on any atom is 0.226 e. The van der Waals surface area contributed by atoms with E-state index in [-0.39, 0.29) is 18.6 Å². The molecule has 0 spiro atoms. The second-order valence-electron chi connectivity index (χ2n) is 15.3. The van der Waals surface area contributed by atoms with Crippen LogP contribution in [-0.4, -0.2) is 12.8 Å². The second kappa shape index (κ2) is 14.3. The fourth-order valence-electron chi connectivity index (χ4n) is 9.56. The second-order valence-corrected chi connectivity index (χ2v) is 15.3. The smallest absolute Gasteiger partial charge is 0.226 e. The summed E-state index contributed by atoms with van der Waals surface area (Å²) in [5, 5.41) is 0. The molecule has 0 amide bonds. The third-order valence-corrected chi connectivity index (χ3v) is 12.1. The van der Waals surface area contributed by atoms with Crippen molar-refractivity contribution in [3.63, 3.8) is 0 Å². The number of allylic oxidation sites excluding steroid dienone is 2. The van der Waals surface area contributed by atoms with Crippen molar-refractivity contribution in [1.29, 1.82) is 0 Å². The first-order valence-electron chi connectivity index (χ1n) is 20.2. The highest BCUT2D eigenvalue weighted by Crippen LogP contribution is 2.51. The van der Waals surface area contributed by atoms with Gasteiger partial charge >= 0.3 is 0 Å². The molecule has 8 aromatic carbocycles. The molecule has 2 heterocycles. The van der Waals surface area contributed by atoms with Crippen LogP contribution in [0.1, 0.15) is 0 Å². The molecule has 3 aliphatic rings. The number of fused-ring (bicyclic) bond motifs is 4. The van der Waals surface area contributed by atoms with Gasteiger partial charge in [-0.25, -0.2) is 0 Å². The minimum absolute atomic E-state index is 0.0683. The predicted octanol–water partition coefficient (Wildman–Crippen LogP) is 12.6. The van der Waals surface area contributed by atoms with E-state index in [1.807, 2.05) is 0 Å². The molecule has 0 saturated heterocycles. The van der Waals surface area contributed by atoms with E-state index in [1.54, 1.807) is 0 Å². The van der Waals surface area contributed by atoms with Crippen LogP contribution in [-0.2, 0) is 0 Å². The van der Waals surface area contributed by atoms with Gasteiger partial charge in [-0.05, 0) is 101 Å². The van der Waals surface area contributed by atoms with Crippen LogP contribution in [0.5, 0.6) is 0 Å². The van der Waals surface area contributed by atoms with Crippen molar-refractivity contribution in [2.45, 2.75) is 11.9 Å². The van der Waals surface area contributed by atoms with Crippen molar-refractivity contribution in [2.75, 3.05) is 14.7 Å². The molecular weight excluding hydrogens is 701 g/mol. The Morgan fingerprint density at radius 1 is 0.414 bits per heavy atom. The van der Waals surface area contributed by atoms with Gasteiger partial charge < -0.3 is 14.7 Å². The molecule has 8 aromatic rings. The molecule has 4 heteroatoms. The van der Waals surface area contributed by atoms with Crippen LogP contribution in [0.15, 0.2) is 236 Å². The fourth-order valence-corrected chi connectivity index (χ4v) is 9.56. The van der Waals surface area contributed by atoms with Gasteiger partial charge in [0.1, 0.15) is 0 Å². The standard InChI is InChI=1S/C54H40BN3/c1-6-18-39(19-7-1)41-22-16-29-46(36-41)58-51-31-17-30-50-54(51)55(48-34-32-42(37-52(48)58)40-20-8-2-9-21-40)49-35-33-47(38-53(49)57(50)45-27-14-5-15-28-45)56(43-23-10-3-11-24-43)44-25-12-4-13-26-44/h1-38,51,54H. The molecule has 2 unspecified atom stereocenters. The van der Waals surface area contributed by atoms with Gasteiger partial charge in [0, 0.05) is 51.3 Å². The number of nitrogens with zero attached hydrogens (tertiary/aromatic N) is 3. The lowest BCUT2D eigenvalue weighted by Crippen LogP contribution is -2.63. The van der Waals surface area contributed by atoms with Crippen LogP contribution in [0.2, 0.25) is 5.82 Å². The van der Waals surface area contributed by atoms with Crippen LogP contribution in [0.25, 0.3) is 22.3 Å². The molecule has 0 bridgehead atoms. The van der Waals surface area contributed by atoms with Gasteiger partial charge in [0.25, 0.3) is 0 Å². The van der Waals surface area contributed by atoms with Crippen molar-refractivity contribution in [2.24, 2.45) is 0 Å². The maximum atomic E-state index is 2.62. The summed E-state index contributed by atoms with van der Waals surface area (Å²) in [6.45, 7) is 0.125. The Bertz CT molecular complexity index is 2760. The van der Waals surface area contributed by atoms with E-state index in [4.69, 9.17) is 0 Å². The predicted molar refractivity (Wildman–Crippen MR) is 245 cm³/mol. The van der Waals surface area contributed by atoms with Gasteiger partial charge in [0.2, 0.25) is 6.71 Å². The summed E-state index contributed by atoms with van der Waals surface area (Å²) in [5.74, 6) is 0.151. The van der Waals surface area contributed by atoms with Crippen LogP contribution in [0, 0.1) is 0 Å². The summed E-state index contributed by atoms with van der Waals surface area (Å²) in [4.78, 5) is 7.52. The van der Waals surface area contributed by atoms with Crippen LogP contribution < -0.4 is 25.6 Å². The molecular formula is C54H40BN3. The zero-order chi connectivity index (χ0) is 38.4. The van der Waals surface area contributed by atoms with Gasteiger partial charge in [0.15, 0.2) is 0 Å². The Balaban J connectivity index is 1.15. The molecule has 1 aliphatic carbocycles. The van der Waals surface area contributed by atoms with E-state index < -0.39 is 0 Å². The molecule has 274 valence electrons. The minimum Gasteiger partial charge on any atom is -0.335 e. The molecule has 2 aliphatic heterocycles.